The molecule has 2 aliphatic heterocycles. The van der Waals surface area contributed by atoms with Gasteiger partial charge in [-0.25, -0.2) is 0 Å². The van der Waals surface area contributed by atoms with Gasteiger partial charge in [0.15, 0.2) is 0 Å². The van der Waals surface area contributed by atoms with Crippen molar-refractivity contribution in [2.75, 3.05) is 0 Å². The molecular weight excluding hydrogens is 326 g/mol. The van der Waals surface area contributed by atoms with Gasteiger partial charge in [-0.1, -0.05) is 0 Å². The summed E-state index contributed by atoms with van der Waals surface area (Å²) in [5.41, 5.74) is 1.00. The fraction of sp³-hybridized carbons (Fsp3) is 0.667. The monoisotopic (exact) mass is 357 g/mol. The summed E-state index contributed by atoms with van der Waals surface area (Å²) >= 11 is 0. The van der Waals surface area contributed by atoms with Crippen molar-refractivity contribution in [1.29, 1.82) is 0 Å². The molecule has 0 saturated carbocycles. The Balaban J connectivity index is 1.75. The van der Waals surface area contributed by atoms with Crippen molar-refractivity contribution >= 4 is 11.8 Å². The van der Waals surface area contributed by atoms with Crippen molar-refractivity contribution in [2.24, 2.45) is 0 Å². The van der Waals surface area contributed by atoms with Gasteiger partial charge < -0.3 is 9.80 Å². The first-order chi connectivity index (χ1) is 12.4. The zero-order valence-corrected chi connectivity index (χ0v) is 16.4. The van der Waals surface area contributed by atoms with Crippen molar-refractivity contribution in [3.8, 4) is 0 Å². The van der Waals surface area contributed by atoms with Crippen LogP contribution in [0.25, 0.3) is 0 Å². The summed E-state index contributed by atoms with van der Waals surface area (Å²) in [6, 6.07) is 4.46. The van der Waals surface area contributed by atoms with Gasteiger partial charge in [-0.2, -0.15) is 0 Å². The highest BCUT2D eigenvalue weighted by molar-refractivity contribution is 5.96. The molecule has 0 radical (unpaired) electrons. The Bertz CT molecular complexity index is 581. The second-order valence-electron chi connectivity index (χ2n) is 8.11. The van der Waals surface area contributed by atoms with E-state index in [4.69, 9.17) is 0 Å². The van der Waals surface area contributed by atoms with Crippen LogP contribution in [0.2, 0.25) is 0 Å². The number of likely N-dealkylation sites (tertiary alicyclic amines) is 2. The fourth-order valence-electron chi connectivity index (χ4n) is 4.57. The Morgan fingerprint density at radius 3 is 1.69 bits per heavy atom. The lowest BCUT2D eigenvalue weighted by Gasteiger charge is -2.39. The predicted molar refractivity (Wildman–Crippen MR) is 102 cm³/mol. The first kappa shape index (κ1) is 18.9. The standard InChI is InChI=1S/C21H31N3O2/c1-14-7-5-8-15(2)23(14)20(25)18-11-12-19(22-13-18)21(26)24-16(3)9-6-10-17(24)4/h11-17H,5-10H2,1-4H3/t14-,15+,16-,17-/m0/s1. The highest BCUT2D eigenvalue weighted by atomic mass is 16.2. The van der Waals surface area contributed by atoms with Crippen LogP contribution >= 0.6 is 0 Å². The summed E-state index contributed by atoms with van der Waals surface area (Å²) in [4.78, 5) is 34.0. The zero-order valence-electron chi connectivity index (χ0n) is 16.4. The third-order valence-corrected chi connectivity index (χ3v) is 6.09. The first-order valence-electron chi connectivity index (χ1n) is 10.0. The highest BCUT2D eigenvalue weighted by Crippen LogP contribution is 2.26. The number of amides is 2. The Kier molecular flexibility index (Phi) is 5.64. The number of rotatable bonds is 2. The lowest BCUT2D eigenvalue weighted by molar-refractivity contribution is 0.0492. The van der Waals surface area contributed by atoms with Crippen LogP contribution in [0, 0.1) is 0 Å². The maximum Gasteiger partial charge on any atom is 0.272 e. The minimum atomic E-state index is -0.0246. The van der Waals surface area contributed by atoms with Crippen LogP contribution in [0.1, 0.15) is 87.1 Å². The van der Waals surface area contributed by atoms with Gasteiger partial charge in [0.1, 0.15) is 5.69 Å². The summed E-state index contributed by atoms with van der Waals surface area (Å²) in [7, 11) is 0. The molecule has 0 bridgehead atoms. The van der Waals surface area contributed by atoms with Crippen LogP contribution in [0.15, 0.2) is 18.3 Å². The van der Waals surface area contributed by atoms with Gasteiger partial charge in [-0.3, -0.25) is 14.6 Å². The summed E-state index contributed by atoms with van der Waals surface area (Å²) in [5.74, 6) is -0.000634. The van der Waals surface area contributed by atoms with Gasteiger partial charge in [-0.05, 0) is 78.4 Å². The molecule has 1 aromatic rings. The number of pyridine rings is 1. The second kappa shape index (κ2) is 7.77. The number of aromatic nitrogens is 1. The van der Waals surface area contributed by atoms with E-state index in [9.17, 15) is 9.59 Å². The Hall–Kier alpha value is -1.91. The molecule has 0 aromatic carbocycles. The van der Waals surface area contributed by atoms with Crippen LogP contribution in [0.4, 0.5) is 0 Å². The Labute approximate surface area is 156 Å². The molecule has 4 atom stereocenters. The van der Waals surface area contributed by atoms with Gasteiger partial charge in [0.2, 0.25) is 0 Å². The van der Waals surface area contributed by atoms with Crippen molar-refractivity contribution in [3.63, 3.8) is 0 Å². The van der Waals surface area contributed by atoms with Gasteiger partial charge in [0.05, 0.1) is 5.56 Å². The van der Waals surface area contributed by atoms with Crippen LogP contribution in [-0.4, -0.2) is 50.8 Å². The van der Waals surface area contributed by atoms with E-state index in [1.807, 2.05) is 9.80 Å². The van der Waals surface area contributed by atoms with Gasteiger partial charge in [0.25, 0.3) is 11.8 Å². The van der Waals surface area contributed by atoms with Crippen LogP contribution in [0.5, 0.6) is 0 Å². The zero-order chi connectivity index (χ0) is 18.8. The third kappa shape index (κ3) is 3.62. The first-order valence-corrected chi connectivity index (χ1v) is 10.0. The van der Waals surface area contributed by atoms with Crippen LogP contribution in [0.3, 0.4) is 0 Å². The molecule has 1 aromatic heterocycles. The van der Waals surface area contributed by atoms with E-state index < -0.39 is 0 Å². The summed E-state index contributed by atoms with van der Waals surface area (Å²) < 4.78 is 0. The van der Waals surface area contributed by atoms with E-state index in [1.54, 1.807) is 18.3 Å². The van der Waals surface area contributed by atoms with E-state index in [0.29, 0.717) is 11.3 Å². The van der Waals surface area contributed by atoms with Gasteiger partial charge in [0, 0.05) is 30.4 Å². The van der Waals surface area contributed by atoms with E-state index >= 15 is 0 Å². The molecule has 3 heterocycles. The average molecular weight is 357 g/mol. The van der Waals surface area contributed by atoms with Crippen molar-refractivity contribution in [3.05, 3.63) is 29.6 Å². The Morgan fingerprint density at radius 2 is 1.27 bits per heavy atom. The minimum Gasteiger partial charge on any atom is -0.333 e. The van der Waals surface area contributed by atoms with E-state index in [2.05, 4.69) is 32.7 Å². The SMILES string of the molecule is C[C@@H]1CCC[C@H](C)N1C(=O)c1ccc(C(=O)N2[C@@H](C)CCC[C@@H]2C)nc1. The number of hydrogen-bond acceptors (Lipinski definition) is 3. The molecule has 2 aliphatic rings. The number of carbonyl (C=O) groups is 2. The lowest BCUT2D eigenvalue weighted by Crippen LogP contribution is -2.48. The second-order valence-corrected chi connectivity index (χ2v) is 8.11. The van der Waals surface area contributed by atoms with Crippen molar-refractivity contribution < 1.29 is 9.59 Å². The molecule has 2 fully saturated rings. The molecule has 0 unspecified atom stereocenters. The Morgan fingerprint density at radius 1 is 0.808 bits per heavy atom. The minimum absolute atomic E-state index is 0.0240. The molecule has 0 N–H and O–H groups in total. The van der Waals surface area contributed by atoms with E-state index in [0.717, 1.165) is 25.7 Å². The number of carbonyl (C=O) groups excluding carboxylic acids is 2. The average Bonchev–Trinajstić information content (AvgIpc) is 2.61. The van der Waals surface area contributed by atoms with Crippen molar-refractivity contribution in [1.82, 2.24) is 14.8 Å². The van der Waals surface area contributed by atoms with Crippen molar-refractivity contribution in [2.45, 2.75) is 90.4 Å². The topological polar surface area (TPSA) is 53.5 Å². The largest absolute Gasteiger partial charge is 0.333 e. The van der Waals surface area contributed by atoms with E-state index in [1.165, 1.54) is 12.8 Å². The highest BCUT2D eigenvalue weighted by Gasteiger charge is 2.32. The molecule has 26 heavy (non-hydrogen) atoms. The molecule has 5 nitrogen and oxygen atoms in total. The number of nitrogens with zero attached hydrogens (tertiary/aromatic N) is 3. The third-order valence-electron chi connectivity index (χ3n) is 6.09. The summed E-state index contributed by atoms with van der Waals surface area (Å²) in [5, 5.41) is 0. The summed E-state index contributed by atoms with van der Waals surface area (Å²) in [6.07, 6.45) is 8.08. The molecule has 3 rings (SSSR count). The quantitative estimate of drug-likeness (QED) is 0.807. The van der Waals surface area contributed by atoms with Crippen LogP contribution in [-0.2, 0) is 0 Å². The normalized spacial score (nSPS) is 29.5. The molecule has 5 heteroatoms. The molecule has 142 valence electrons. The summed E-state index contributed by atoms with van der Waals surface area (Å²) in [6.45, 7) is 8.42. The molecule has 0 aliphatic carbocycles. The van der Waals surface area contributed by atoms with Gasteiger partial charge in [-0.15, -0.1) is 0 Å². The maximum absolute atomic E-state index is 12.9. The van der Waals surface area contributed by atoms with Gasteiger partial charge >= 0.3 is 0 Å². The molecule has 0 spiro atoms. The molecule has 2 saturated heterocycles. The number of hydrogen-bond donors (Lipinski definition) is 0. The molecule has 2 amide bonds. The molecular formula is C21H31N3O2. The predicted octanol–water partition coefficient (Wildman–Crippen LogP) is 3.89. The smallest absolute Gasteiger partial charge is 0.272 e. The maximum atomic E-state index is 12.9. The van der Waals surface area contributed by atoms with E-state index in [-0.39, 0.29) is 36.0 Å². The van der Waals surface area contributed by atoms with Crippen LogP contribution < -0.4 is 0 Å². The number of piperidine rings is 2. The lowest BCUT2D eigenvalue weighted by atomic mass is 9.96. The fourth-order valence-corrected chi connectivity index (χ4v) is 4.57.